The zero-order chi connectivity index (χ0) is 23.6. The number of nitrogens with one attached hydrogen (secondary N) is 1. The highest BCUT2D eigenvalue weighted by molar-refractivity contribution is 7.89. The maximum absolute atomic E-state index is 13.5. The Morgan fingerprint density at radius 3 is 2.45 bits per heavy atom. The summed E-state index contributed by atoms with van der Waals surface area (Å²) in [6.07, 6.45) is 2.66. The maximum atomic E-state index is 13.5. The van der Waals surface area contributed by atoms with Crippen LogP contribution in [0.5, 0.6) is 0 Å². The number of anilines is 1. The second kappa shape index (κ2) is 9.18. The van der Waals surface area contributed by atoms with Crippen molar-refractivity contribution in [1.29, 1.82) is 0 Å². The molecule has 6 nitrogen and oxygen atoms in total. The van der Waals surface area contributed by atoms with Crippen LogP contribution < -0.4 is 4.90 Å². The van der Waals surface area contributed by atoms with Crippen LogP contribution in [-0.4, -0.2) is 40.8 Å². The van der Waals surface area contributed by atoms with Crippen molar-refractivity contribution in [1.82, 2.24) is 14.3 Å². The molecule has 1 atom stereocenters. The van der Waals surface area contributed by atoms with Gasteiger partial charge in [0.25, 0.3) is 0 Å². The number of aromatic nitrogens is 2. The number of hydrogen-bond acceptors (Lipinski definition) is 4. The lowest BCUT2D eigenvalue weighted by Gasteiger charge is -2.34. The van der Waals surface area contributed by atoms with Crippen LogP contribution >= 0.6 is 0 Å². The Labute approximate surface area is 191 Å². The van der Waals surface area contributed by atoms with Crippen LogP contribution in [0.15, 0.2) is 60.9 Å². The smallest absolute Gasteiger partial charge is 0.361 e. The van der Waals surface area contributed by atoms with Crippen LogP contribution in [0.4, 0.5) is 18.9 Å². The summed E-state index contributed by atoms with van der Waals surface area (Å²) in [6.45, 7) is 1.62. The fraction of sp³-hybridized carbons (Fsp3) is 0.348. The summed E-state index contributed by atoms with van der Waals surface area (Å²) in [5.41, 5.74) is -1.45. The lowest BCUT2D eigenvalue weighted by atomic mass is 10.0. The number of alkyl halides is 3. The van der Waals surface area contributed by atoms with Gasteiger partial charge in [-0.05, 0) is 37.0 Å². The largest absolute Gasteiger partial charge is 0.511 e. The van der Waals surface area contributed by atoms with Crippen LogP contribution in [0.25, 0.3) is 0 Å². The topological polar surface area (TPSA) is 69.3 Å². The van der Waals surface area contributed by atoms with Crippen LogP contribution in [0.3, 0.4) is 0 Å². The molecule has 1 aliphatic heterocycles. The fourth-order valence-electron chi connectivity index (χ4n) is 4.19. The van der Waals surface area contributed by atoms with Gasteiger partial charge in [-0.1, -0.05) is 48.5 Å². The molecule has 0 saturated carbocycles. The van der Waals surface area contributed by atoms with Gasteiger partial charge in [0.15, 0.2) is 0 Å². The minimum absolute atomic E-state index is 0.271. The molecule has 0 saturated heterocycles. The van der Waals surface area contributed by atoms with Crippen LogP contribution in [0, 0.1) is 6.92 Å². The van der Waals surface area contributed by atoms with E-state index >= 15 is 0 Å². The fourth-order valence-corrected chi connectivity index (χ4v) is 5.16. The minimum atomic E-state index is -5.49. The van der Waals surface area contributed by atoms with Gasteiger partial charge >= 0.3 is 15.5 Å². The van der Waals surface area contributed by atoms with Crippen molar-refractivity contribution in [3.8, 4) is 0 Å². The van der Waals surface area contributed by atoms with E-state index in [0.717, 1.165) is 22.6 Å². The molecule has 0 spiro atoms. The molecule has 2 aromatic carbocycles. The van der Waals surface area contributed by atoms with Gasteiger partial charge < -0.3 is 9.88 Å². The van der Waals surface area contributed by atoms with E-state index in [1.165, 1.54) is 0 Å². The van der Waals surface area contributed by atoms with Gasteiger partial charge in [-0.25, -0.2) is 13.4 Å². The number of H-pyrrole nitrogens is 1. The number of imidazole rings is 1. The first-order valence-corrected chi connectivity index (χ1v) is 12.0. The van der Waals surface area contributed by atoms with Crippen molar-refractivity contribution in [3.63, 3.8) is 0 Å². The summed E-state index contributed by atoms with van der Waals surface area (Å²) in [5.74, 6) is 0. The molecule has 0 radical (unpaired) electrons. The molecule has 0 fully saturated rings. The predicted molar refractivity (Wildman–Crippen MR) is 120 cm³/mol. The molecule has 33 heavy (non-hydrogen) atoms. The Morgan fingerprint density at radius 1 is 1.09 bits per heavy atom. The molecule has 0 bridgehead atoms. The third-order valence-electron chi connectivity index (χ3n) is 6.00. The van der Waals surface area contributed by atoms with Crippen LogP contribution in [-0.2, 0) is 29.5 Å². The highest BCUT2D eigenvalue weighted by Gasteiger charge is 2.51. The summed E-state index contributed by atoms with van der Waals surface area (Å²) < 4.78 is 65.9. The summed E-state index contributed by atoms with van der Waals surface area (Å²) >= 11 is 0. The van der Waals surface area contributed by atoms with Crippen molar-refractivity contribution < 1.29 is 21.6 Å². The van der Waals surface area contributed by atoms with Gasteiger partial charge in [0.05, 0.1) is 18.6 Å². The number of fused-ring (bicyclic) bond motifs is 1. The van der Waals surface area contributed by atoms with Gasteiger partial charge in [0.2, 0.25) is 0 Å². The highest BCUT2D eigenvalue weighted by Crippen LogP contribution is 2.35. The van der Waals surface area contributed by atoms with Gasteiger partial charge in [-0.3, -0.25) is 0 Å². The predicted octanol–water partition coefficient (Wildman–Crippen LogP) is 4.39. The van der Waals surface area contributed by atoms with Gasteiger partial charge in [-0.2, -0.15) is 17.5 Å². The van der Waals surface area contributed by atoms with Crippen molar-refractivity contribution >= 4 is 15.7 Å². The quantitative estimate of drug-likeness (QED) is 0.571. The standard InChI is InChI=1S/C23H25F3N4O2S/c1-17-21(28-16-27-17)15-30-20(12-11-18-7-3-2-4-8-18)14-29(33(31,32)23(24,25)26)13-19-9-5-6-10-22(19)30/h2-10,16,20H,11-15H2,1H3,(H,27,28)/t20-/m1/s1. The molecule has 176 valence electrons. The Hall–Kier alpha value is -2.85. The molecule has 1 aromatic heterocycles. The molecule has 4 rings (SSSR count). The molecule has 2 heterocycles. The summed E-state index contributed by atoms with van der Waals surface area (Å²) in [6, 6.07) is 16.2. The highest BCUT2D eigenvalue weighted by atomic mass is 32.2. The van der Waals surface area contributed by atoms with Crippen molar-refractivity contribution in [2.24, 2.45) is 0 Å². The van der Waals surface area contributed by atoms with E-state index in [0.29, 0.717) is 29.3 Å². The SMILES string of the molecule is Cc1[nH]cnc1CN1c2ccccc2CN(S(=O)(=O)C(F)(F)F)C[C@H]1CCc1ccccc1. The number of benzene rings is 2. The first-order chi connectivity index (χ1) is 15.7. The second-order valence-corrected chi connectivity index (χ2v) is 10.1. The molecule has 0 unspecified atom stereocenters. The Bertz CT molecular complexity index is 1200. The molecule has 3 aromatic rings. The van der Waals surface area contributed by atoms with E-state index < -0.39 is 21.6 Å². The maximum Gasteiger partial charge on any atom is 0.511 e. The Balaban J connectivity index is 1.75. The summed E-state index contributed by atoms with van der Waals surface area (Å²) in [4.78, 5) is 9.39. The lowest BCUT2D eigenvalue weighted by molar-refractivity contribution is -0.0492. The number of aryl methyl sites for hydroxylation is 2. The van der Waals surface area contributed by atoms with E-state index in [2.05, 4.69) is 9.97 Å². The zero-order valence-corrected chi connectivity index (χ0v) is 18.9. The van der Waals surface area contributed by atoms with Crippen LogP contribution in [0.2, 0.25) is 0 Å². The summed E-state index contributed by atoms with van der Waals surface area (Å²) in [5, 5.41) is 0. The van der Waals surface area contributed by atoms with Gasteiger partial charge in [0, 0.05) is 30.5 Å². The molecule has 1 aliphatic rings. The second-order valence-electron chi connectivity index (χ2n) is 8.15. The Morgan fingerprint density at radius 2 is 1.79 bits per heavy atom. The number of aromatic amines is 1. The minimum Gasteiger partial charge on any atom is -0.361 e. The van der Waals surface area contributed by atoms with Gasteiger partial charge in [-0.15, -0.1) is 0 Å². The molecular formula is C23H25F3N4O2S. The third-order valence-corrected chi connectivity index (χ3v) is 7.54. The first kappa shape index (κ1) is 23.3. The lowest BCUT2D eigenvalue weighted by Crippen LogP contribution is -2.47. The number of hydrogen-bond donors (Lipinski definition) is 1. The number of nitrogens with zero attached hydrogens (tertiary/aromatic N) is 3. The average molecular weight is 479 g/mol. The van der Waals surface area contributed by atoms with Gasteiger partial charge in [0.1, 0.15) is 0 Å². The van der Waals surface area contributed by atoms with E-state index in [1.807, 2.05) is 54.3 Å². The Kier molecular flexibility index (Phi) is 6.49. The number of para-hydroxylation sites is 1. The molecule has 10 heteroatoms. The van der Waals surface area contributed by atoms with E-state index in [4.69, 9.17) is 0 Å². The van der Waals surface area contributed by atoms with Crippen molar-refractivity contribution in [3.05, 3.63) is 83.4 Å². The molecule has 1 N–H and O–H groups in total. The van der Waals surface area contributed by atoms with E-state index in [-0.39, 0.29) is 13.1 Å². The molecular weight excluding hydrogens is 453 g/mol. The van der Waals surface area contributed by atoms with Crippen molar-refractivity contribution in [2.75, 3.05) is 11.4 Å². The zero-order valence-electron chi connectivity index (χ0n) is 18.1. The number of sulfonamides is 1. The molecule has 0 aliphatic carbocycles. The molecule has 0 amide bonds. The summed E-state index contributed by atoms with van der Waals surface area (Å²) in [7, 11) is -5.49. The van der Waals surface area contributed by atoms with Crippen LogP contribution in [0.1, 0.15) is 28.9 Å². The average Bonchev–Trinajstić information content (AvgIpc) is 3.11. The normalized spacial score (nSPS) is 17.6. The first-order valence-electron chi connectivity index (χ1n) is 10.6. The van der Waals surface area contributed by atoms with Crippen molar-refractivity contribution in [2.45, 2.75) is 44.4 Å². The van der Waals surface area contributed by atoms with E-state index in [9.17, 15) is 21.6 Å². The van der Waals surface area contributed by atoms with E-state index in [1.54, 1.807) is 18.5 Å². The monoisotopic (exact) mass is 478 g/mol. The number of rotatable bonds is 6. The number of halogens is 3. The third kappa shape index (κ3) is 4.91.